The van der Waals surface area contributed by atoms with Crippen molar-refractivity contribution in [2.75, 3.05) is 0 Å². The maximum absolute atomic E-state index is 12.3. The van der Waals surface area contributed by atoms with Crippen molar-refractivity contribution in [3.8, 4) is 0 Å². The number of hydrogen-bond donors (Lipinski definition) is 4. The smallest absolute Gasteiger partial charge is 0.420 e. The summed E-state index contributed by atoms with van der Waals surface area (Å²) in [6.07, 6.45) is 3.31. The van der Waals surface area contributed by atoms with E-state index in [9.17, 15) is 29.4 Å². The number of amides is 4. The summed E-state index contributed by atoms with van der Waals surface area (Å²) < 4.78 is 21.1. The number of nitrogens with zero attached hydrogens (tertiary/aromatic N) is 2. The number of ether oxygens (including phenoxy) is 4. The molecule has 0 aliphatic heterocycles. The molecule has 0 bridgehead atoms. The zero-order valence-corrected chi connectivity index (χ0v) is 31.6. The Morgan fingerprint density at radius 3 is 1.16 bits per heavy atom. The number of imide groups is 2. The Morgan fingerprint density at radius 2 is 0.918 bits per heavy atom. The molecule has 3 aliphatic carbocycles. The van der Waals surface area contributed by atoms with Gasteiger partial charge in [-0.2, -0.15) is 0 Å². The summed E-state index contributed by atoms with van der Waals surface area (Å²) in [5, 5.41) is 28.0. The standard InChI is InChI=1S/C15H27NO5.C15H25NO5.C5H11NO/c2*1-14(2,3)20-12(18)16(10-7-8-11(17)9-10)13(19)21-15(4,5)6;6-4-1-2-5(7)3-4/h10-11,17H,7-9H2,1-6H3;7-8,10-11,17H,9H2,1-6H3;4-5,7H,1-3,6H2. The lowest BCUT2D eigenvalue weighted by Gasteiger charge is -2.31. The molecule has 0 saturated heterocycles. The van der Waals surface area contributed by atoms with E-state index in [0.717, 1.165) is 29.1 Å². The van der Waals surface area contributed by atoms with Crippen LogP contribution >= 0.6 is 0 Å². The van der Waals surface area contributed by atoms with Crippen LogP contribution in [0, 0.1) is 0 Å². The van der Waals surface area contributed by atoms with Gasteiger partial charge in [-0.3, -0.25) is 0 Å². The molecule has 0 aromatic heterocycles. The van der Waals surface area contributed by atoms with Gasteiger partial charge in [0.15, 0.2) is 0 Å². The zero-order valence-electron chi connectivity index (χ0n) is 31.6. The highest BCUT2D eigenvalue weighted by molar-refractivity contribution is 5.89. The third-order valence-corrected chi connectivity index (χ3v) is 6.92. The maximum Gasteiger partial charge on any atom is 0.420 e. The Labute approximate surface area is 292 Å². The van der Waals surface area contributed by atoms with Gasteiger partial charge in [0.05, 0.1) is 24.4 Å². The van der Waals surface area contributed by atoms with Gasteiger partial charge in [-0.25, -0.2) is 29.0 Å². The molecule has 0 heterocycles. The maximum atomic E-state index is 12.3. The first kappa shape index (κ1) is 44.1. The molecule has 2 fully saturated rings. The van der Waals surface area contributed by atoms with Gasteiger partial charge in [-0.05, 0) is 122 Å². The number of rotatable bonds is 2. The summed E-state index contributed by atoms with van der Waals surface area (Å²) >= 11 is 0. The van der Waals surface area contributed by atoms with Crippen molar-refractivity contribution < 1.29 is 53.4 Å². The zero-order chi connectivity index (χ0) is 38.1. The summed E-state index contributed by atoms with van der Waals surface area (Å²) in [6.45, 7) is 20.7. The highest BCUT2D eigenvalue weighted by Crippen LogP contribution is 2.28. The van der Waals surface area contributed by atoms with Crippen LogP contribution in [-0.2, 0) is 18.9 Å². The largest absolute Gasteiger partial charge is 0.443 e. The van der Waals surface area contributed by atoms with E-state index in [1.807, 2.05) is 0 Å². The monoisotopic (exact) mass is 701 g/mol. The minimum Gasteiger partial charge on any atom is -0.443 e. The molecular formula is C35H63N3O11. The molecule has 14 nitrogen and oxygen atoms in total. The molecule has 0 aromatic carbocycles. The quantitative estimate of drug-likeness (QED) is 0.200. The summed E-state index contributed by atoms with van der Waals surface area (Å²) in [7, 11) is 0. The summed E-state index contributed by atoms with van der Waals surface area (Å²) in [4.78, 5) is 51.1. The van der Waals surface area contributed by atoms with Gasteiger partial charge in [0, 0.05) is 18.5 Å². The third kappa shape index (κ3) is 18.0. The van der Waals surface area contributed by atoms with E-state index < -0.39 is 65.0 Å². The van der Waals surface area contributed by atoms with Gasteiger partial charge in [0.1, 0.15) is 22.4 Å². The van der Waals surface area contributed by atoms with E-state index in [-0.39, 0.29) is 24.6 Å². The molecule has 6 unspecified atom stereocenters. The van der Waals surface area contributed by atoms with Crippen LogP contribution in [0.4, 0.5) is 19.2 Å². The second-order valence-electron chi connectivity index (χ2n) is 16.8. The number of aliphatic hydroxyl groups excluding tert-OH is 3. The highest BCUT2D eigenvalue weighted by Gasteiger charge is 2.40. The van der Waals surface area contributed by atoms with E-state index in [1.165, 1.54) is 0 Å². The Morgan fingerprint density at radius 1 is 0.551 bits per heavy atom. The fourth-order valence-corrected chi connectivity index (χ4v) is 4.98. The molecule has 6 atom stereocenters. The number of hydrogen-bond acceptors (Lipinski definition) is 12. The molecule has 3 aliphatic rings. The average Bonchev–Trinajstić information content (AvgIpc) is 3.57. The average molecular weight is 702 g/mol. The van der Waals surface area contributed by atoms with Crippen LogP contribution in [0.25, 0.3) is 0 Å². The second kappa shape index (κ2) is 17.8. The predicted molar refractivity (Wildman–Crippen MR) is 184 cm³/mol. The molecule has 2 saturated carbocycles. The minimum absolute atomic E-state index is 0.102. The Balaban J connectivity index is 0.000000408. The van der Waals surface area contributed by atoms with E-state index in [2.05, 4.69) is 0 Å². The molecule has 14 heteroatoms. The van der Waals surface area contributed by atoms with Crippen LogP contribution in [0.15, 0.2) is 12.2 Å². The number of nitrogens with two attached hydrogens (primary N) is 1. The van der Waals surface area contributed by atoms with Gasteiger partial charge in [0.25, 0.3) is 0 Å². The minimum atomic E-state index is -0.777. The fraction of sp³-hybridized carbons (Fsp3) is 0.829. The summed E-state index contributed by atoms with van der Waals surface area (Å²) in [5.41, 5.74) is 2.62. The van der Waals surface area contributed by atoms with Crippen LogP contribution in [0.2, 0.25) is 0 Å². The topological polar surface area (TPSA) is 198 Å². The van der Waals surface area contributed by atoms with Crippen molar-refractivity contribution in [3.05, 3.63) is 12.2 Å². The lowest BCUT2D eigenvalue weighted by molar-refractivity contribution is -0.00896. The van der Waals surface area contributed by atoms with Gasteiger partial charge < -0.3 is 40.0 Å². The van der Waals surface area contributed by atoms with Crippen LogP contribution in [-0.4, -0.2) is 108 Å². The van der Waals surface area contributed by atoms with Gasteiger partial charge >= 0.3 is 24.4 Å². The molecule has 0 spiro atoms. The van der Waals surface area contributed by atoms with Crippen LogP contribution in [0.1, 0.15) is 128 Å². The third-order valence-electron chi connectivity index (χ3n) is 6.92. The second-order valence-corrected chi connectivity index (χ2v) is 16.8. The SMILES string of the molecule is CC(C)(C)OC(=O)N(C(=O)OC(C)(C)C)C1C=CC(O)C1.CC(C)(C)OC(=O)N(C(=O)OC(C)(C)C)C1CCC(O)C1.NC1CCC(O)C1. The van der Waals surface area contributed by atoms with E-state index >= 15 is 0 Å². The molecule has 3 rings (SSSR count). The van der Waals surface area contributed by atoms with Crippen molar-refractivity contribution in [3.63, 3.8) is 0 Å². The number of aliphatic hydroxyl groups is 3. The van der Waals surface area contributed by atoms with E-state index in [0.29, 0.717) is 19.3 Å². The molecule has 284 valence electrons. The Bertz CT molecular complexity index is 1070. The van der Waals surface area contributed by atoms with Crippen molar-refractivity contribution in [2.24, 2.45) is 5.73 Å². The molecule has 0 aromatic rings. The molecule has 4 amide bonds. The van der Waals surface area contributed by atoms with Crippen molar-refractivity contribution >= 4 is 24.4 Å². The Hall–Kier alpha value is -2.94. The van der Waals surface area contributed by atoms with Gasteiger partial charge in [-0.1, -0.05) is 12.2 Å². The van der Waals surface area contributed by atoms with Crippen LogP contribution in [0.5, 0.6) is 0 Å². The van der Waals surface area contributed by atoms with Gasteiger partial charge in [0.2, 0.25) is 0 Å². The normalized spacial score (nSPS) is 25.2. The number of carbonyl (C=O) groups is 4. The molecule has 49 heavy (non-hydrogen) atoms. The lowest BCUT2D eigenvalue weighted by Crippen LogP contribution is -2.48. The van der Waals surface area contributed by atoms with Crippen LogP contribution in [0.3, 0.4) is 0 Å². The fourth-order valence-electron chi connectivity index (χ4n) is 4.98. The first-order valence-electron chi connectivity index (χ1n) is 17.1. The number of carbonyl (C=O) groups excluding carboxylic acids is 4. The van der Waals surface area contributed by atoms with E-state index in [4.69, 9.17) is 29.8 Å². The van der Waals surface area contributed by atoms with E-state index in [1.54, 1.807) is 95.2 Å². The van der Waals surface area contributed by atoms with Crippen molar-refractivity contribution in [1.29, 1.82) is 0 Å². The summed E-state index contributed by atoms with van der Waals surface area (Å²) in [5.74, 6) is 0. The highest BCUT2D eigenvalue weighted by atomic mass is 16.6. The van der Waals surface area contributed by atoms with Crippen LogP contribution < -0.4 is 5.73 Å². The van der Waals surface area contributed by atoms with Crippen molar-refractivity contribution in [1.82, 2.24) is 9.80 Å². The predicted octanol–water partition coefficient (Wildman–Crippen LogP) is 5.78. The molecule has 0 radical (unpaired) electrons. The Kier molecular flexibility index (Phi) is 16.0. The lowest BCUT2D eigenvalue weighted by atomic mass is 10.2. The molecule has 5 N–H and O–H groups in total. The first-order chi connectivity index (χ1) is 22.1. The van der Waals surface area contributed by atoms with Crippen molar-refractivity contribution in [2.45, 2.75) is 187 Å². The summed E-state index contributed by atoms with van der Waals surface area (Å²) in [6, 6.07) is -0.676. The van der Waals surface area contributed by atoms with Gasteiger partial charge in [-0.15, -0.1) is 0 Å². The first-order valence-corrected chi connectivity index (χ1v) is 17.1. The molecular weight excluding hydrogens is 638 g/mol.